The molecule has 2 fully saturated rings. The predicted octanol–water partition coefficient (Wildman–Crippen LogP) is 3.77. The second kappa shape index (κ2) is 6.87. The van der Waals surface area contributed by atoms with Crippen LogP contribution in [0.4, 0.5) is 0 Å². The van der Waals surface area contributed by atoms with Gasteiger partial charge in [-0.25, -0.2) is 0 Å². The summed E-state index contributed by atoms with van der Waals surface area (Å²) < 4.78 is 24.1. The van der Waals surface area contributed by atoms with Gasteiger partial charge in [0.15, 0.2) is 12.6 Å². The second-order valence-electron chi connectivity index (χ2n) is 5.93. The van der Waals surface area contributed by atoms with Crippen LogP contribution in [0.3, 0.4) is 0 Å². The molecule has 0 bridgehead atoms. The van der Waals surface area contributed by atoms with Crippen LogP contribution in [0.5, 0.6) is 0 Å². The molecule has 0 saturated carbocycles. The first kappa shape index (κ1) is 15.5. The van der Waals surface area contributed by atoms with Crippen molar-refractivity contribution in [2.45, 2.75) is 30.9 Å². The number of hydrogen-bond donors (Lipinski definition) is 0. The molecule has 24 heavy (non-hydrogen) atoms. The number of ether oxygens (including phenoxy) is 4. The number of hydrogen-bond acceptors (Lipinski definition) is 4. The molecule has 0 N–H and O–H groups in total. The van der Waals surface area contributed by atoms with Crippen molar-refractivity contribution in [2.75, 3.05) is 6.61 Å². The van der Waals surface area contributed by atoms with Crippen LogP contribution in [0.1, 0.15) is 23.7 Å². The Balaban J connectivity index is 1.52. The Morgan fingerprint density at radius 3 is 2.04 bits per heavy atom. The molecule has 2 aliphatic heterocycles. The third kappa shape index (κ3) is 3.01. The lowest BCUT2D eigenvalue weighted by Crippen LogP contribution is -2.53. The van der Waals surface area contributed by atoms with Gasteiger partial charge in [-0.15, -0.1) is 6.58 Å². The van der Waals surface area contributed by atoms with E-state index in [2.05, 4.69) is 6.58 Å². The van der Waals surface area contributed by atoms with E-state index < -0.39 is 12.6 Å². The zero-order valence-electron chi connectivity index (χ0n) is 13.3. The fraction of sp³-hybridized carbons (Fsp3) is 0.300. The molecule has 4 nitrogen and oxygen atoms in total. The summed E-state index contributed by atoms with van der Waals surface area (Å²) in [6.07, 6.45) is 0.271. The lowest BCUT2D eigenvalue weighted by atomic mass is 10.0. The van der Waals surface area contributed by atoms with Gasteiger partial charge in [0.05, 0.1) is 6.61 Å². The number of rotatable bonds is 3. The molecule has 0 radical (unpaired) electrons. The first-order chi connectivity index (χ1) is 11.8. The highest BCUT2D eigenvalue weighted by Gasteiger charge is 2.44. The van der Waals surface area contributed by atoms with E-state index in [0.717, 1.165) is 11.1 Å². The maximum atomic E-state index is 6.12. The van der Waals surface area contributed by atoms with Gasteiger partial charge < -0.3 is 18.9 Å². The maximum Gasteiger partial charge on any atom is 0.185 e. The van der Waals surface area contributed by atoms with Crippen molar-refractivity contribution in [3.8, 4) is 0 Å². The average molecular weight is 324 g/mol. The van der Waals surface area contributed by atoms with Crippen LogP contribution in [0, 0.1) is 0 Å². The fourth-order valence-electron chi connectivity index (χ4n) is 3.11. The van der Waals surface area contributed by atoms with Crippen molar-refractivity contribution >= 4 is 0 Å². The van der Waals surface area contributed by atoms with Gasteiger partial charge in [-0.3, -0.25) is 0 Å². The topological polar surface area (TPSA) is 36.9 Å². The van der Waals surface area contributed by atoms with E-state index >= 15 is 0 Å². The van der Waals surface area contributed by atoms with Gasteiger partial charge in [0.1, 0.15) is 18.3 Å². The van der Waals surface area contributed by atoms with Crippen molar-refractivity contribution in [3.63, 3.8) is 0 Å². The van der Waals surface area contributed by atoms with E-state index in [1.54, 1.807) is 6.08 Å². The largest absolute Gasteiger partial charge is 0.346 e. The molecule has 124 valence electrons. The van der Waals surface area contributed by atoms with Crippen LogP contribution in [-0.2, 0) is 18.9 Å². The SMILES string of the molecule is C=CC1OC(c2ccccc2)OC2COC(c3ccccc3)OC12. The molecule has 4 heteroatoms. The smallest absolute Gasteiger partial charge is 0.185 e. The van der Waals surface area contributed by atoms with Gasteiger partial charge >= 0.3 is 0 Å². The van der Waals surface area contributed by atoms with Crippen LogP contribution in [-0.4, -0.2) is 24.9 Å². The minimum atomic E-state index is -0.434. The summed E-state index contributed by atoms with van der Waals surface area (Å²) >= 11 is 0. The van der Waals surface area contributed by atoms with E-state index in [4.69, 9.17) is 18.9 Å². The van der Waals surface area contributed by atoms with Gasteiger partial charge in [-0.05, 0) is 0 Å². The second-order valence-corrected chi connectivity index (χ2v) is 5.93. The average Bonchev–Trinajstić information content (AvgIpc) is 2.68. The molecule has 0 spiro atoms. The highest BCUT2D eigenvalue weighted by molar-refractivity contribution is 5.18. The third-order valence-corrected chi connectivity index (χ3v) is 4.34. The Kier molecular flexibility index (Phi) is 4.45. The van der Waals surface area contributed by atoms with Gasteiger partial charge in [-0.2, -0.15) is 0 Å². The lowest BCUT2D eigenvalue weighted by Gasteiger charge is -2.45. The normalized spacial score (nSPS) is 32.8. The molecular formula is C20H20O4. The summed E-state index contributed by atoms with van der Waals surface area (Å²) in [7, 11) is 0. The quantitative estimate of drug-likeness (QED) is 0.806. The predicted molar refractivity (Wildman–Crippen MR) is 89.1 cm³/mol. The van der Waals surface area contributed by atoms with Gasteiger partial charge in [0.25, 0.3) is 0 Å². The molecule has 2 saturated heterocycles. The Morgan fingerprint density at radius 1 is 0.792 bits per heavy atom. The highest BCUT2D eigenvalue weighted by atomic mass is 16.8. The van der Waals surface area contributed by atoms with Crippen LogP contribution in [0.2, 0.25) is 0 Å². The van der Waals surface area contributed by atoms with Crippen molar-refractivity contribution in [3.05, 3.63) is 84.4 Å². The Labute approximate surface area is 141 Å². The standard InChI is InChI=1S/C20H20O4/c1-2-16-18-17(23-20(22-16)15-11-7-4-8-12-15)13-21-19(24-18)14-9-5-3-6-10-14/h2-12,16-20H,1,13H2. The fourth-order valence-corrected chi connectivity index (χ4v) is 3.11. The summed E-state index contributed by atoms with van der Waals surface area (Å²) in [6.45, 7) is 4.36. The molecule has 0 aromatic heterocycles. The van der Waals surface area contributed by atoms with E-state index in [-0.39, 0.29) is 18.3 Å². The maximum absolute atomic E-state index is 6.12. The number of benzene rings is 2. The van der Waals surface area contributed by atoms with Gasteiger partial charge in [0, 0.05) is 11.1 Å². The third-order valence-electron chi connectivity index (χ3n) is 4.34. The Bertz CT molecular complexity index is 673. The van der Waals surface area contributed by atoms with Crippen molar-refractivity contribution in [1.82, 2.24) is 0 Å². The van der Waals surface area contributed by atoms with Gasteiger partial charge in [-0.1, -0.05) is 66.7 Å². The summed E-state index contributed by atoms with van der Waals surface area (Å²) in [5.41, 5.74) is 1.97. The summed E-state index contributed by atoms with van der Waals surface area (Å²) in [5.74, 6) is 0. The Morgan fingerprint density at radius 2 is 1.42 bits per heavy atom. The molecule has 2 aromatic rings. The van der Waals surface area contributed by atoms with Crippen molar-refractivity contribution in [1.29, 1.82) is 0 Å². The van der Waals surface area contributed by atoms with Gasteiger partial charge in [0.2, 0.25) is 0 Å². The van der Waals surface area contributed by atoms with Crippen LogP contribution in [0.15, 0.2) is 73.3 Å². The summed E-state index contributed by atoms with van der Waals surface area (Å²) in [6, 6.07) is 19.8. The monoisotopic (exact) mass is 324 g/mol. The number of fused-ring (bicyclic) bond motifs is 1. The first-order valence-electron chi connectivity index (χ1n) is 8.15. The molecule has 4 rings (SSSR count). The Hall–Kier alpha value is -1.98. The molecule has 2 heterocycles. The van der Waals surface area contributed by atoms with Crippen LogP contribution in [0.25, 0.3) is 0 Å². The summed E-state index contributed by atoms with van der Waals surface area (Å²) in [4.78, 5) is 0. The molecule has 2 aromatic carbocycles. The minimum Gasteiger partial charge on any atom is -0.346 e. The first-order valence-corrected chi connectivity index (χ1v) is 8.15. The zero-order chi connectivity index (χ0) is 16.4. The minimum absolute atomic E-state index is 0.188. The zero-order valence-corrected chi connectivity index (χ0v) is 13.3. The van der Waals surface area contributed by atoms with Crippen LogP contribution < -0.4 is 0 Å². The van der Waals surface area contributed by atoms with Crippen molar-refractivity contribution < 1.29 is 18.9 Å². The molecular weight excluding hydrogens is 304 g/mol. The van der Waals surface area contributed by atoms with Crippen molar-refractivity contribution in [2.24, 2.45) is 0 Å². The van der Waals surface area contributed by atoms with E-state index in [1.807, 2.05) is 60.7 Å². The molecule has 2 aliphatic rings. The van der Waals surface area contributed by atoms with E-state index in [9.17, 15) is 0 Å². The molecule has 0 aliphatic carbocycles. The van der Waals surface area contributed by atoms with Crippen LogP contribution >= 0.6 is 0 Å². The molecule has 5 atom stereocenters. The molecule has 0 amide bonds. The summed E-state index contributed by atoms with van der Waals surface area (Å²) in [5, 5.41) is 0. The highest BCUT2D eigenvalue weighted by Crippen LogP contribution is 2.37. The van der Waals surface area contributed by atoms with E-state index in [1.165, 1.54) is 0 Å². The lowest BCUT2D eigenvalue weighted by molar-refractivity contribution is -0.356. The molecule has 5 unspecified atom stereocenters. The van der Waals surface area contributed by atoms with E-state index in [0.29, 0.717) is 6.61 Å².